The fourth-order valence-corrected chi connectivity index (χ4v) is 1.33. The van der Waals surface area contributed by atoms with E-state index >= 15 is 0 Å². The third-order valence-corrected chi connectivity index (χ3v) is 2.49. The smallest absolute Gasteiger partial charge is 0.326 e. The molecule has 0 rings (SSSR count). The zero-order chi connectivity index (χ0) is 15.7. The molecule has 9 nitrogen and oxygen atoms in total. The Morgan fingerprint density at radius 2 is 1.95 bits per heavy atom. The van der Waals surface area contributed by atoms with Gasteiger partial charge in [-0.1, -0.05) is 0 Å². The van der Waals surface area contributed by atoms with E-state index in [1.807, 2.05) is 0 Å². The predicted octanol–water partition coefficient (Wildman–Crippen LogP) is -1.09. The summed E-state index contributed by atoms with van der Waals surface area (Å²) in [6.45, 7) is 1.53. The van der Waals surface area contributed by atoms with E-state index in [-0.39, 0.29) is 25.9 Å². The minimum atomic E-state index is -1.28. The number of methoxy groups -OCH3 is 1. The lowest BCUT2D eigenvalue weighted by atomic mass is 10.1. The molecule has 0 unspecified atom stereocenters. The Balaban J connectivity index is 4.59. The van der Waals surface area contributed by atoms with Crippen LogP contribution in [0.25, 0.3) is 0 Å². The van der Waals surface area contributed by atoms with Crippen molar-refractivity contribution < 1.29 is 29.0 Å². The van der Waals surface area contributed by atoms with Crippen LogP contribution in [0.2, 0.25) is 0 Å². The second kappa shape index (κ2) is 8.73. The topological polar surface area (TPSA) is 139 Å². The SMILES string of the molecule is CCN(CC(=O)OC)C(=O)N[C@H](CCC(N)=O)C(=O)O. The molecular formula is C11H19N3O6. The Hall–Kier alpha value is -2.32. The molecule has 0 aliphatic heterocycles. The van der Waals surface area contributed by atoms with Crippen molar-refractivity contribution >= 4 is 23.9 Å². The van der Waals surface area contributed by atoms with E-state index < -0.39 is 29.9 Å². The van der Waals surface area contributed by atoms with E-state index in [9.17, 15) is 19.2 Å². The number of nitrogens with two attached hydrogens (primary N) is 1. The number of nitrogens with zero attached hydrogens (tertiary/aromatic N) is 1. The average Bonchev–Trinajstić information content (AvgIpc) is 2.39. The first-order valence-corrected chi connectivity index (χ1v) is 5.95. The Kier molecular flexibility index (Phi) is 7.71. The van der Waals surface area contributed by atoms with Crippen LogP contribution in [-0.2, 0) is 19.1 Å². The molecule has 3 amide bonds. The number of ether oxygens (including phenoxy) is 1. The minimum absolute atomic E-state index is 0.119. The van der Waals surface area contributed by atoms with Crippen molar-refractivity contribution in [2.45, 2.75) is 25.8 Å². The molecule has 0 radical (unpaired) electrons. The highest BCUT2D eigenvalue weighted by Crippen LogP contribution is 2.00. The molecule has 0 saturated carbocycles. The van der Waals surface area contributed by atoms with Crippen molar-refractivity contribution in [2.24, 2.45) is 5.73 Å². The van der Waals surface area contributed by atoms with Crippen molar-refractivity contribution in [3.8, 4) is 0 Å². The Morgan fingerprint density at radius 1 is 1.35 bits per heavy atom. The van der Waals surface area contributed by atoms with E-state index in [1.54, 1.807) is 6.92 Å². The molecule has 114 valence electrons. The number of amides is 3. The van der Waals surface area contributed by atoms with Crippen LogP contribution in [0.5, 0.6) is 0 Å². The lowest BCUT2D eigenvalue weighted by Crippen LogP contribution is -2.49. The molecule has 0 aromatic rings. The largest absolute Gasteiger partial charge is 0.480 e. The summed E-state index contributed by atoms with van der Waals surface area (Å²) in [5.41, 5.74) is 4.93. The van der Waals surface area contributed by atoms with Gasteiger partial charge in [0.25, 0.3) is 0 Å². The molecule has 9 heteroatoms. The molecule has 0 aromatic heterocycles. The fourth-order valence-electron chi connectivity index (χ4n) is 1.33. The lowest BCUT2D eigenvalue weighted by Gasteiger charge is -2.22. The number of hydrogen-bond donors (Lipinski definition) is 3. The van der Waals surface area contributed by atoms with Crippen LogP contribution >= 0.6 is 0 Å². The fraction of sp³-hybridized carbons (Fsp3) is 0.636. The van der Waals surface area contributed by atoms with Crippen molar-refractivity contribution in [3.63, 3.8) is 0 Å². The zero-order valence-corrected chi connectivity index (χ0v) is 11.4. The van der Waals surface area contributed by atoms with Crippen molar-refractivity contribution in [1.82, 2.24) is 10.2 Å². The van der Waals surface area contributed by atoms with Crippen LogP contribution in [0.4, 0.5) is 4.79 Å². The van der Waals surface area contributed by atoms with E-state index in [0.717, 1.165) is 4.90 Å². The van der Waals surface area contributed by atoms with Gasteiger partial charge >= 0.3 is 18.0 Å². The van der Waals surface area contributed by atoms with Gasteiger partial charge in [-0.25, -0.2) is 9.59 Å². The molecule has 0 aromatic carbocycles. The monoisotopic (exact) mass is 289 g/mol. The molecule has 0 fully saturated rings. The van der Waals surface area contributed by atoms with Gasteiger partial charge in [-0.2, -0.15) is 0 Å². The molecule has 1 atom stereocenters. The number of primary amides is 1. The number of rotatable bonds is 8. The number of likely N-dealkylation sites (N-methyl/N-ethyl adjacent to an activating group) is 1. The second-order valence-corrected chi connectivity index (χ2v) is 3.94. The number of hydrogen-bond acceptors (Lipinski definition) is 5. The number of aliphatic carboxylic acids is 1. The van der Waals surface area contributed by atoms with Crippen LogP contribution < -0.4 is 11.1 Å². The van der Waals surface area contributed by atoms with Gasteiger partial charge in [0.15, 0.2) is 0 Å². The van der Waals surface area contributed by atoms with Crippen molar-refractivity contribution in [1.29, 1.82) is 0 Å². The summed E-state index contributed by atoms with van der Waals surface area (Å²) < 4.78 is 4.43. The van der Waals surface area contributed by atoms with Gasteiger partial charge in [0.2, 0.25) is 5.91 Å². The summed E-state index contributed by atoms with van der Waals surface area (Å²) in [6.07, 6.45) is -0.285. The maximum absolute atomic E-state index is 11.8. The molecule has 4 N–H and O–H groups in total. The minimum Gasteiger partial charge on any atom is -0.480 e. The van der Waals surface area contributed by atoms with Crippen LogP contribution in [0.15, 0.2) is 0 Å². The van der Waals surface area contributed by atoms with Gasteiger partial charge < -0.3 is 25.8 Å². The summed E-state index contributed by atoms with van der Waals surface area (Å²) in [5.74, 6) is -2.56. The second-order valence-electron chi connectivity index (χ2n) is 3.94. The first kappa shape index (κ1) is 17.7. The molecule has 0 spiro atoms. The lowest BCUT2D eigenvalue weighted by molar-refractivity contribution is -0.141. The third-order valence-electron chi connectivity index (χ3n) is 2.49. The molecule has 0 aliphatic carbocycles. The number of carboxylic acids is 1. The maximum Gasteiger partial charge on any atom is 0.326 e. The quantitative estimate of drug-likeness (QED) is 0.485. The Labute approximate surface area is 116 Å². The van der Waals surface area contributed by atoms with Crippen LogP contribution in [0.3, 0.4) is 0 Å². The average molecular weight is 289 g/mol. The van der Waals surface area contributed by atoms with Crippen molar-refractivity contribution in [3.05, 3.63) is 0 Å². The first-order chi connectivity index (χ1) is 9.31. The zero-order valence-electron chi connectivity index (χ0n) is 11.4. The van der Waals surface area contributed by atoms with Crippen LogP contribution in [0, 0.1) is 0 Å². The van der Waals surface area contributed by atoms with E-state index in [2.05, 4.69) is 10.1 Å². The highest BCUT2D eigenvalue weighted by molar-refractivity contribution is 5.85. The van der Waals surface area contributed by atoms with Gasteiger partial charge in [-0.15, -0.1) is 0 Å². The number of carboxylic acid groups (broad SMARTS) is 1. The normalized spacial score (nSPS) is 11.3. The Morgan fingerprint density at radius 3 is 2.35 bits per heavy atom. The summed E-state index contributed by atoms with van der Waals surface area (Å²) in [5, 5.41) is 11.2. The molecule has 0 bridgehead atoms. The number of esters is 1. The van der Waals surface area contributed by atoms with E-state index in [1.165, 1.54) is 7.11 Å². The summed E-state index contributed by atoms with van der Waals surface area (Å²) >= 11 is 0. The highest BCUT2D eigenvalue weighted by atomic mass is 16.5. The van der Waals surface area contributed by atoms with Gasteiger partial charge in [-0.3, -0.25) is 9.59 Å². The Bertz CT molecular complexity index is 384. The van der Waals surface area contributed by atoms with Crippen molar-refractivity contribution in [2.75, 3.05) is 20.2 Å². The number of carbonyl (C=O) groups is 4. The van der Waals surface area contributed by atoms with Gasteiger partial charge in [0.05, 0.1) is 7.11 Å². The van der Waals surface area contributed by atoms with Gasteiger partial charge in [0, 0.05) is 13.0 Å². The maximum atomic E-state index is 11.8. The molecule has 0 saturated heterocycles. The van der Waals surface area contributed by atoms with Crippen LogP contribution in [0.1, 0.15) is 19.8 Å². The molecular weight excluding hydrogens is 270 g/mol. The summed E-state index contributed by atoms with van der Waals surface area (Å²) in [7, 11) is 1.18. The van der Waals surface area contributed by atoms with Crippen LogP contribution in [-0.4, -0.2) is 60.1 Å². The van der Waals surface area contributed by atoms with Gasteiger partial charge in [0.1, 0.15) is 12.6 Å². The number of nitrogens with one attached hydrogen (secondary N) is 1. The highest BCUT2D eigenvalue weighted by Gasteiger charge is 2.24. The number of urea groups is 1. The van der Waals surface area contributed by atoms with Gasteiger partial charge in [-0.05, 0) is 13.3 Å². The number of carbonyl (C=O) groups excluding carboxylic acids is 3. The third kappa shape index (κ3) is 6.57. The summed E-state index contributed by atoms with van der Waals surface area (Å²) in [6, 6.07) is -1.98. The summed E-state index contributed by atoms with van der Waals surface area (Å²) in [4.78, 5) is 45.6. The molecule has 0 aliphatic rings. The predicted molar refractivity (Wildman–Crippen MR) is 67.6 cm³/mol. The first-order valence-electron chi connectivity index (χ1n) is 5.95. The van der Waals surface area contributed by atoms with E-state index in [4.69, 9.17) is 10.8 Å². The molecule has 20 heavy (non-hydrogen) atoms. The van der Waals surface area contributed by atoms with E-state index in [0.29, 0.717) is 0 Å². The standard InChI is InChI=1S/C11H19N3O6/c1-3-14(6-9(16)20-2)11(19)13-7(10(17)18)4-5-8(12)15/h7H,3-6H2,1-2H3,(H2,12,15)(H,13,19)(H,17,18)/t7-/m1/s1. The molecule has 0 heterocycles.